The van der Waals surface area contributed by atoms with Gasteiger partial charge in [0.15, 0.2) is 11.4 Å². The van der Waals surface area contributed by atoms with Crippen LogP contribution in [0.2, 0.25) is 0 Å². The molecule has 0 aromatic carbocycles. The Hall–Kier alpha value is -0.970. The average Bonchev–Trinajstić information content (AvgIpc) is 3.28. The van der Waals surface area contributed by atoms with Crippen molar-refractivity contribution in [3.63, 3.8) is 0 Å². The summed E-state index contributed by atoms with van der Waals surface area (Å²) in [6.07, 6.45) is 3.13. The summed E-state index contributed by atoms with van der Waals surface area (Å²) in [6.45, 7) is 6.11. The summed E-state index contributed by atoms with van der Waals surface area (Å²) in [6, 6.07) is 0. The van der Waals surface area contributed by atoms with Gasteiger partial charge in [0.25, 0.3) is 0 Å². The first-order valence-electron chi connectivity index (χ1n) is 8.70. The van der Waals surface area contributed by atoms with Crippen molar-refractivity contribution >= 4 is 5.78 Å². The van der Waals surface area contributed by atoms with Crippen LogP contribution in [0.3, 0.4) is 0 Å². The van der Waals surface area contributed by atoms with E-state index in [1.807, 2.05) is 6.92 Å². The van der Waals surface area contributed by atoms with Crippen LogP contribution >= 0.6 is 0 Å². The molecule has 3 saturated carbocycles. The van der Waals surface area contributed by atoms with Gasteiger partial charge in [-0.2, -0.15) is 0 Å². The number of carbonyl (C=O) groups excluding carboxylic acids is 1. The number of hydrogen-bond acceptors (Lipinski definition) is 4. The van der Waals surface area contributed by atoms with Crippen molar-refractivity contribution in [3.05, 3.63) is 22.8 Å². The van der Waals surface area contributed by atoms with Crippen LogP contribution in [0.1, 0.15) is 40.0 Å². The SMILES string of the molecule is CC1=C2[C@@H]3C[C@@H]4[C@H]([C@H](/C=C(/CO)[C@@H](O)CC1)C(=O)[C@]23O)C4(C)C. The van der Waals surface area contributed by atoms with Gasteiger partial charge in [-0.15, -0.1) is 0 Å². The number of ketones is 1. The van der Waals surface area contributed by atoms with Gasteiger partial charge in [-0.25, -0.2) is 0 Å². The molecule has 4 aliphatic carbocycles. The lowest BCUT2D eigenvalue weighted by Gasteiger charge is -2.22. The predicted octanol–water partition coefficient (Wildman–Crippen LogP) is 1.60. The first kappa shape index (κ1) is 15.6. The van der Waals surface area contributed by atoms with Crippen LogP contribution < -0.4 is 0 Å². The predicted molar refractivity (Wildman–Crippen MR) is 85.4 cm³/mol. The van der Waals surface area contributed by atoms with Gasteiger partial charge < -0.3 is 15.3 Å². The number of rotatable bonds is 1. The second kappa shape index (κ2) is 4.56. The molecule has 0 aromatic rings. The summed E-state index contributed by atoms with van der Waals surface area (Å²) in [7, 11) is 0. The number of aliphatic hydroxyl groups excluding tert-OH is 2. The van der Waals surface area contributed by atoms with E-state index in [0.29, 0.717) is 24.3 Å². The van der Waals surface area contributed by atoms with E-state index in [0.717, 1.165) is 17.6 Å². The Bertz CT molecular complexity index is 644. The van der Waals surface area contributed by atoms with E-state index in [1.165, 1.54) is 0 Å². The third-order valence-corrected chi connectivity index (χ3v) is 7.13. The highest BCUT2D eigenvalue weighted by molar-refractivity contribution is 6.01. The topological polar surface area (TPSA) is 77.8 Å². The second-order valence-corrected chi connectivity index (χ2v) is 8.55. The molecule has 0 aromatic heterocycles. The lowest BCUT2D eigenvalue weighted by Crippen LogP contribution is -2.34. The van der Waals surface area contributed by atoms with E-state index in [9.17, 15) is 20.1 Å². The van der Waals surface area contributed by atoms with Crippen LogP contribution in [-0.4, -0.2) is 39.4 Å². The maximum atomic E-state index is 13.2. The average molecular weight is 318 g/mol. The maximum Gasteiger partial charge on any atom is 0.176 e. The zero-order valence-corrected chi connectivity index (χ0v) is 14.0. The lowest BCUT2D eigenvalue weighted by atomic mass is 9.85. The molecule has 3 N–H and O–H groups in total. The van der Waals surface area contributed by atoms with Crippen molar-refractivity contribution < 1.29 is 20.1 Å². The van der Waals surface area contributed by atoms with E-state index in [1.54, 1.807) is 6.08 Å². The summed E-state index contributed by atoms with van der Waals surface area (Å²) < 4.78 is 0. The highest BCUT2D eigenvalue weighted by Crippen LogP contribution is 2.73. The Balaban J connectivity index is 1.86. The first-order chi connectivity index (χ1) is 10.7. The van der Waals surface area contributed by atoms with Crippen molar-refractivity contribution in [2.75, 3.05) is 6.61 Å². The fraction of sp³-hybridized carbons (Fsp3) is 0.737. The van der Waals surface area contributed by atoms with Crippen LogP contribution in [-0.2, 0) is 4.79 Å². The van der Waals surface area contributed by atoms with Crippen molar-refractivity contribution in [3.8, 4) is 0 Å². The van der Waals surface area contributed by atoms with E-state index in [-0.39, 0.29) is 29.6 Å². The van der Waals surface area contributed by atoms with Crippen molar-refractivity contribution in [2.45, 2.75) is 51.7 Å². The van der Waals surface area contributed by atoms with Gasteiger partial charge in [-0.3, -0.25) is 4.79 Å². The highest BCUT2D eigenvalue weighted by atomic mass is 16.3. The molecule has 4 nitrogen and oxygen atoms in total. The standard InChI is InChI=1S/C19H26O4/c1-9-4-5-14(21)10(8-20)6-11-16-12(18(16,2)3)7-13-15(9)19(13,23)17(11)22/h6,11-14,16,20-21,23H,4-5,7-8H2,1-3H3/b10-6-,15-9?/t11-,12+,13-,14-,16-,19+/m0/s1. The molecule has 4 rings (SSSR count). The number of Topliss-reactive ketones (excluding diaryl/α,β-unsaturated/α-hetero) is 1. The molecule has 0 aliphatic heterocycles. The molecule has 0 unspecified atom stereocenters. The van der Waals surface area contributed by atoms with Crippen molar-refractivity contribution in [1.29, 1.82) is 0 Å². The summed E-state index contributed by atoms with van der Waals surface area (Å²) in [4.78, 5) is 13.2. The van der Waals surface area contributed by atoms with E-state index in [4.69, 9.17) is 0 Å². The monoisotopic (exact) mass is 318 g/mol. The molecule has 4 aliphatic rings. The molecular formula is C19H26O4. The molecule has 6 atom stereocenters. The zero-order chi connectivity index (χ0) is 16.7. The molecule has 0 heterocycles. The molecule has 23 heavy (non-hydrogen) atoms. The Morgan fingerprint density at radius 1 is 1.35 bits per heavy atom. The number of carbonyl (C=O) groups is 1. The Kier molecular flexibility index (Phi) is 3.08. The molecule has 0 amide bonds. The molecular weight excluding hydrogens is 292 g/mol. The van der Waals surface area contributed by atoms with Crippen LogP contribution in [0.5, 0.6) is 0 Å². The zero-order valence-electron chi connectivity index (χ0n) is 14.0. The lowest BCUT2D eigenvalue weighted by molar-refractivity contribution is -0.132. The third kappa shape index (κ3) is 1.86. The van der Waals surface area contributed by atoms with Gasteiger partial charge in [0, 0.05) is 11.8 Å². The summed E-state index contributed by atoms with van der Waals surface area (Å²) in [5, 5.41) is 31.1. The van der Waals surface area contributed by atoms with Crippen molar-refractivity contribution in [1.82, 2.24) is 0 Å². The quantitative estimate of drug-likeness (QED) is 0.642. The Morgan fingerprint density at radius 3 is 2.70 bits per heavy atom. The van der Waals surface area contributed by atoms with Gasteiger partial charge in [0.1, 0.15) is 0 Å². The normalized spacial score (nSPS) is 49.7. The number of hydrogen-bond donors (Lipinski definition) is 3. The van der Waals surface area contributed by atoms with Crippen LogP contribution in [0.4, 0.5) is 0 Å². The molecule has 0 radical (unpaired) electrons. The first-order valence-corrected chi connectivity index (χ1v) is 8.70. The van der Waals surface area contributed by atoms with Gasteiger partial charge >= 0.3 is 0 Å². The molecule has 0 saturated heterocycles. The van der Waals surface area contributed by atoms with E-state index < -0.39 is 17.6 Å². The van der Waals surface area contributed by atoms with E-state index in [2.05, 4.69) is 13.8 Å². The highest BCUT2D eigenvalue weighted by Gasteiger charge is 2.75. The molecule has 4 heteroatoms. The Labute approximate surface area is 136 Å². The fourth-order valence-corrected chi connectivity index (χ4v) is 5.57. The minimum Gasteiger partial charge on any atom is -0.392 e. The summed E-state index contributed by atoms with van der Waals surface area (Å²) in [5.41, 5.74) is 1.29. The maximum absolute atomic E-state index is 13.2. The second-order valence-electron chi connectivity index (χ2n) is 8.55. The van der Waals surface area contributed by atoms with Crippen molar-refractivity contribution in [2.24, 2.45) is 29.1 Å². The number of aliphatic hydroxyl groups is 3. The smallest absolute Gasteiger partial charge is 0.176 e. The Morgan fingerprint density at radius 2 is 2.04 bits per heavy atom. The summed E-state index contributed by atoms with van der Waals surface area (Å²) >= 11 is 0. The molecule has 2 bridgehead atoms. The molecule has 3 fully saturated rings. The van der Waals surface area contributed by atoms with E-state index >= 15 is 0 Å². The third-order valence-electron chi connectivity index (χ3n) is 7.13. The van der Waals surface area contributed by atoms with Crippen LogP contribution in [0, 0.1) is 29.1 Å². The fourth-order valence-electron chi connectivity index (χ4n) is 5.57. The van der Waals surface area contributed by atoms with Gasteiger partial charge in [0.05, 0.1) is 12.7 Å². The van der Waals surface area contributed by atoms with Crippen LogP contribution in [0.25, 0.3) is 0 Å². The molecule has 0 spiro atoms. The minimum absolute atomic E-state index is 0.0319. The number of fused-ring (bicyclic) bond motifs is 4. The van der Waals surface area contributed by atoms with Gasteiger partial charge in [-0.05, 0) is 54.6 Å². The molecule has 126 valence electrons. The van der Waals surface area contributed by atoms with Gasteiger partial charge in [-0.1, -0.05) is 25.5 Å². The van der Waals surface area contributed by atoms with Gasteiger partial charge in [0.2, 0.25) is 0 Å². The van der Waals surface area contributed by atoms with Crippen LogP contribution in [0.15, 0.2) is 22.8 Å². The largest absolute Gasteiger partial charge is 0.392 e. The number of allylic oxidation sites excluding steroid dienone is 2. The summed E-state index contributed by atoms with van der Waals surface area (Å²) in [5.74, 6) is 0.0887. The minimum atomic E-state index is -1.28.